The van der Waals surface area contributed by atoms with Crippen molar-refractivity contribution >= 4 is 49.3 Å². The number of nitrogens with zero attached hydrogens (tertiary/aromatic N) is 3. The van der Waals surface area contributed by atoms with Crippen LogP contribution in [0.2, 0.25) is 0 Å². The molecule has 0 spiro atoms. The summed E-state index contributed by atoms with van der Waals surface area (Å²) in [4.78, 5) is 3.78. The molecule has 0 amide bonds. The first-order chi connectivity index (χ1) is 20.3. The zero-order valence-corrected chi connectivity index (χ0v) is 22.2. The second-order valence-electron chi connectivity index (χ2n) is 10.9. The van der Waals surface area contributed by atoms with Gasteiger partial charge in [0.25, 0.3) is 0 Å². The van der Waals surface area contributed by atoms with E-state index in [-0.39, 0.29) is 0 Å². The molecule has 2 aromatic heterocycles. The molecule has 6 aromatic carbocycles. The molecule has 0 saturated heterocycles. The van der Waals surface area contributed by atoms with Crippen LogP contribution in [0.4, 0.5) is 5.69 Å². The molecule has 1 aliphatic carbocycles. The van der Waals surface area contributed by atoms with E-state index in [0.29, 0.717) is 5.69 Å². The predicted molar refractivity (Wildman–Crippen MR) is 170 cm³/mol. The van der Waals surface area contributed by atoms with Crippen LogP contribution < -0.4 is 0 Å². The van der Waals surface area contributed by atoms with Crippen molar-refractivity contribution in [2.75, 3.05) is 0 Å². The first kappa shape index (κ1) is 22.2. The second kappa shape index (κ2) is 8.21. The van der Waals surface area contributed by atoms with Gasteiger partial charge in [-0.3, -0.25) is 0 Å². The van der Waals surface area contributed by atoms with Crippen molar-refractivity contribution in [3.63, 3.8) is 0 Å². The lowest BCUT2D eigenvalue weighted by Gasteiger charge is -2.14. The number of fused-ring (bicyclic) bond motifs is 9. The second-order valence-corrected chi connectivity index (χ2v) is 10.9. The first-order valence-corrected chi connectivity index (χ1v) is 13.9. The summed E-state index contributed by atoms with van der Waals surface area (Å²) in [5.74, 6) is 0. The maximum atomic E-state index is 7.72. The first-order valence-electron chi connectivity index (χ1n) is 13.9. The van der Waals surface area contributed by atoms with Crippen LogP contribution in [0.5, 0.6) is 0 Å². The number of para-hydroxylation sites is 2. The molecule has 0 bridgehead atoms. The zero-order chi connectivity index (χ0) is 27.1. The van der Waals surface area contributed by atoms with E-state index in [0.717, 1.165) is 33.9 Å². The van der Waals surface area contributed by atoms with Gasteiger partial charge in [0.2, 0.25) is 0 Å². The largest absolute Gasteiger partial charge is 0.309 e. The Morgan fingerprint density at radius 2 is 1.15 bits per heavy atom. The van der Waals surface area contributed by atoms with E-state index < -0.39 is 0 Å². The fourth-order valence-electron chi connectivity index (χ4n) is 7.02. The summed E-state index contributed by atoms with van der Waals surface area (Å²) < 4.78 is 4.77. The zero-order valence-electron chi connectivity index (χ0n) is 22.2. The average Bonchev–Trinajstić information content (AvgIpc) is 3.68. The predicted octanol–water partition coefficient (Wildman–Crippen LogP) is 10.0. The van der Waals surface area contributed by atoms with Crippen LogP contribution in [-0.2, 0) is 6.42 Å². The van der Waals surface area contributed by atoms with Gasteiger partial charge in [-0.15, -0.1) is 0 Å². The van der Waals surface area contributed by atoms with E-state index >= 15 is 0 Å². The average molecular weight is 522 g/mol. The summed E-state index contributed by atoms with van der Waals surface area (Å²) in [5, 5.41) is 4.75. The minimum atomic E-state index is 0.657. The summed E-state index contributed by atoms with van der Waals surface area (Å²) in [6.45, 7) is 7.72. The SMILES string of the molecule is [C-]#[N+]c1ccc2c(c1)c1cc(-n3c4ccccc4c4ccccc43)ccc1n2-c1cccc2c1Cc1ccccc1-2. The minimum absolute atomic E-state index is 0.657. The summed E-state index contributed by atoms with van der Waals surface area (Å²) >= 11 is 0. The van der Waals surface area contributed by atoms with Crippen LogP contribution in [0.3, 0.4) is 0 Å². The maximum absolute atomic E-state index is 7.72. The van der Waals surface area contributed by atoms with Crippen molar-refractivity contribution in [2.24, 2.45) is 0 Å². The smallest absolute Gasteiger partial charge is 0.188 e. The summed E-state index contributed by atoms with van der Waals surface area (Å²) in [7, 11) is 0. The Balaban J connectivity index is 1.36. The third-order valence-corrected chi connectivity index (χ3v) is 8.77. The monoisotopic (exact) mass is 521 g/mol. The Hall–Kier alpha value is -5.59. The van der Waals surface area contributed by atoms with Gasteiger partial charge in [-0.05, 0) is 76.2 Å². The van der Waals surface area contributed by atoms with Crippen molar-refractivity contribution in [3.8, 4) is 22.5 Å². The van der Waals surface area contributed by atoms with E-state index in [1.54, 1.807) is 0 Å². The molecule has 0 unspecified atom stereocenters. The molecular formula is C38H23N3. The minimum Gasteiger partial charge on any atom is -0.309 e. The van der Waals surface area contributed by atoms with E-state index in [9.17, 15) is 0 Å². The topological polar surface area (TPSA) is 14.2 Å². The summed E-state index contributed by atoms with van der Waals surface area (Å²) in [6, 6.07) is 45.5. The summed E-state index contributed by atoms with van der Waals surface area (Å²) in [6.07, 6.45) is 0.919. The van der Waals surface area contributed by atoms with E-state index in [1.165, 1.54) is 49.7 Å². The molecule has 190 valence electrons. The van der Waals surface area contributed by atoms with Gasteiger partial charge in [0, 0.05) is 28.3 Å². The Labute approximate surface area is 236 Å². The quantitative estimate of drug-likeness (QED) is 0.201. The van der Waals surface area contributed by atoms with Crippen LogP contribution in [0, 0.1) is 6.57 Å². The number of hydrogen-bond donors (Lipinski definition) is 0. The molecule has 0 N–H and O–H groups in total. The highest BCUT2D eigenvalue weighted by atomic mass is 15.0. The standard InChI is InChI=1S/C38H23N3/c1-39-25-17-19-37-32(22-25)33-23-26(40-34-14-6-4-11-29(34)30-12-5-7-15-35(30)40)18-20-38(33)41(37)36-16-8-13-28-27-10-3-2-9-24(27)21-31(28)36/h2-20,22-23H,21H2. The Bertz CT molecular complexity index is 2360. The third kappa shape index (κ3) is 3.02. The normalized spacial score (nSPS) is 12.3. The molecule has 0 saturated carbocycles. The molecule has 0 aliphatic heterocycles. The maximum Gasteiger partial charge on any atom is 0.188 e. The number of hydrogen-bond acceptors (Lipinski definition) is 0. The summed E-state index contributed by atoms with van der Waals surface area (Å²) in [5.41, 5.74) is 13.0. The lowest BCUT2D eigenvalue weighted by Crippen LogP contribution is -1.99. The Morgan fingerprint density at radius 3 is 1.93 bits per heavy atom. The van der Waals surface area contributed by atoms with Gasteiger partial charge in [-0.25, -0.2) is 4.85 Å². The molecule has 41 heavy (non-hydrogen) atoms. The highest BCUT2D eigenvalue weighted by molar-refractivity contribution is 6.13. The number of aromatic nitrogens is 2. The van der Waals surface area contributed by atoms with E-state index in [2.05, 4.69) is 135 Å². The van der Waals surface area contributed by atoms with Crippen LogP contribution in [0.25, 0.3) is 71.0 Å². The molecule has 8 aromatic rings. The molecule has 9 rings (SSSR count). The van der Waals surface area contributed by atoms with Gasteiger partial charge < -0.3 is 9.13 Å². The number of rotatable bonds is 2. The van der Waals surface area contributed by atoms with Gasteiger partial charge >= 0.3 is 0 Å². The molecule has 2 heterocycles. The Morgan fingerprint density at radius 1 is 0.512 bits per heavy atom. The van der Waals surface area contributed by atoms with Gasteiger partial charge in [0.05, 0.1) is 34.3 Å². The number of benzene rings is 6. The van der Waals surface area contributed by atoms with Crippen molar-refractivity contribution < 1.29 is 0 Å². The molecule has 0 atom stereocenters. The molecule has 1 aliphatic rings. The van der Waals surface area contributed by atoms with Crippen molar-refractivity contribution in [3.05, 3.63) is 150 Å². The van der Waals surface area contributed by atoms with Crippen LogP contribution >= 0.6 is 0 Å². The van der Waals surface area contributed by atoms with Crippen LogP contribution in [-0.4, -0.2) is 9.13 Å². The van der Waals surface area contributed by atoms with Crippen molar-refractivity contribution in [1.29, 1.82) is 0 Å². The molecule has 3 heteroatoms. The van der Waals surface area contributed by atoms with Crippen LogP contribution in [0.15, 0.2) is 127 Å². The Kier molecular flexibility index (Phi) is 4.45. The van der Waals surface area contributed by atoms with Crippen molar-refractivity contribution in [2.45, 2.75) is 6.42 Å². The highest BCUT2D eigenvalue weighted by Gasteiger charge is 2.24. The highest BCUT2D eigenvalue weighted by Crippen LogP contribution is 2.43. The van der Waals surface area contributed by atoms with Gasteiger partial charge in [0.1, 0.15) is 0 Å². The van der Waals surface area contributed by atoms with E-state index in [1.807, 2.05) is 6.07 Å². The molecule has 3 nitrogen and oxygen atoms in total. The molecule has 0 fully saturated rings. The van der Waals surface area contributed by atoms with Gasteiger partial charge in [-0.1, -0.05) is 78.9 Å². The fourth-order valence-corrected chi connectivity index (χ4v) is 7.02. The lowest BCUT2D eigenvalue weighted by atomic mass is 10.0. The van der Waals surface area contributed by atoms with Crippen LogP contribution in [0.1, 0.15) is 11.1 Å². The van der Waals surface area contributed by atoms with Gasteiger partial charge in [-0.2, -0.15) is 0 Å². The van der Waals surface area contributed by atoms with E-state index in [4.69, 9.17) is 6.57 Å². The third-order valence-electron chi connectivity index (χ3n) is 8.77. The fraction of sp³-hybridized carbons (Fsp3) is 0.0263. The van der Waals surface area contributed by atoms with Crippen molar-refractivity contribution in [1.82, 2.24) is 9.13 Å². The van der Waals surface area contributed by atoms with Gasteiger partial charge in [0.15, 0.2) is 5.69 Å². The lowest BCUT2D eigenvalue weighted by molar-refractivity contribution is 1.12. The molecular weight excluding hydrogens is 498 g/mol. The molecule has 0 radical (unpaired) electrons.